The van der Waals surface area contributed by atoms with E-state index in [9.17, 15) is 0 Å². The maximum atomic E-state index is 8.62. The molecule has 0 saturated carbocycles. The number of ether oxygens (including phenoxy) is 4. The van der Waals surface area contributed by atoms with Gasteiger partial charge in [0.1, 0.15) is 0 Å². The number of hydrogen-bond donors (Lipinski definition) is 1. The molecule has 0 spiro atoms. The summed E-state index contributed by atoms with van der Waals surface area (Å²) in [5.74, 6) is 0. The Bertz CT molecular complexity index is 288. The van der Waals surface area contributed by atoms with Crippen molar-refractivity contribution >= 4 is 0 Å². The first kappa shape index (κ1) is 27.8. The van der Waals surface area contributed by atoms with E-state index in [1.807, 2.05) is 13.8 Å². The second-order valence-electron chi connectivity index (χ2n) is 7.77. The molecular formula is C23H48O5. The molecule has 0 heterocycles. The zero-order valence-electron chi connectivity index (χ0n) is 19.0. The lowest BCUT2D eigenvalue weighted by molar-refractivity contribution is -0.0671. The number of rotatable bonds is 23. The van der Waals surface area contributed by atoms with E-state index in [1.54, 1.807) is 0 Å². The Hall–Kier alpha value is -0.200. The first-order chi connectivity index (χ1) is 13.7. The van der Waals surface area contributed by atoms with E-state index in [0.29, 0.717) is 33.0 Å². The predicted molar refractivity (Wildman–Crippen MR) is 116 cm³/mol. The summed E-state index contributed by atoms with van der Waals surface area (Å²) in [5, 5.41) is 8.62. The van der Waals surface area contributed by atoms with Crippen molar-refractivity contribution in [3.8, 4) is 0 Å². The van der Waals surface area contributed by atoms with Crippen molar-refractivity contribution in [2.24, 2.45) is 0 Å². The van der Waals surface area contributed by atoms with Crippen molar-refractivity contribution in [3.63, 3.8) is 0 Å². The molecule has 0 fully saturated rings. The molecule has 1 N–H and O–H groups in total. The summed E-state index contributed by atoms with van der Waals surface area (Å²) in [7, 11) is 0. The van der Waals surface area contributed by atoms with E-state index < -0.39 is 0 Å². The molecule has 28 heavy (non-hydrogen) atoms. The fraction of sp³-hybridized carbons (Fsp3) is 1.00. The van der Waals surface area contributed by atoms with E-state index in [0.717, 1.165) is 13.0 Å². The van der Waals surface area contributed by atoms with Gasteiger partial charge in [-0.05, 0) is 20.3 Å². The van der Waals surface area contributed by atoms with Crippen molar-refractivity contribution < 1.29 is 24.1 Å². The van der Waals surface area contributed by atoms with Crippen LogP contribution in [0, 0.1) is 0 Å². The maximum absolute atomic E-state index is 8.62. The summed E-state index contributed by atoms with van der Waals surface area (Å²) in [6, 6.07) is 0. The Kier molecular flexibility index (Phi) is 22.9. The normalized spacial score (nSPS) is 13.7. The minimum atomic E-state index is 0.0341. The lowest BCUT2D eigenvalue weighted by atomic mass is 10.1. The van der Waals surface area contributed by atoms with Crippen LogP contribution in [0.25, 0.3) is 0 Å². The van der Waals surface area contributed by atoms with E-state index in [4.69, 9.17) is 24.1 Å². The average molecular weight is 405 g/mol. The van der Waals surface area contributed by atoms with Gasteiger partial charge in [0.25, 0.3) is 0 Å². The summed E-state index contributed by atoms with van der Waals surface area (Å²) in [6.45, 7) is 9.77. The largest absolute Gasteiger partial charge is 0.394 e. The van der Waals surface area contributed by atoms with Crippen LogP contribution in [0.3, 0.4) is 0 Å². The summed E-state index contributed by atoms with van der Waals surface area (Å²) < 4.78 is 22.2. The monoisotopic (exact) mass is 404 g/mol. The van der Waals surface area contributed by atoms with Crippen molar-refractivity contribution in [1.29, 1.82) is 0 Å². The molecule has 0 aromatic carbocycles. The fourth-order valence-electron chi connectivity index (χ4n) is 2.99. The molecule has 0 amide bonds. The molecule has 5 heteroatoms. The molecule has 5 nitrogen and oxygen atoms in total. The minimum Gasteiger partial charge on any atom is -0.394 e. The van der Waals surface area contributed by atoms with Crippen molar-refractivity contribution in [3.05, 3.63) is 0 Å². The molecule has 0 aromatic rings. The highest BCUT2D eigenvalue weighted by Crippen LogP contribution is 2.11. The molecule has 170 valence electrons. The molecule has 0 aliphatic carbocycles. The van der Waals surface area contributed by atoms with Crippen molar-refractivity contribution in [2.75, 3.05) is 46.2 Å². The first-order valence-electron chi connectivity index (χ1n) is 11.7. The number of aliphatic hydroxyl groups is 1. The van der Waals surface area contributed by atoms with E-state index >= 15 is 0 Å². The van der Waals surface area contributed by atoms with Gasteiger partial charge in [0, 0.05) is 6.61 Å². The van der Waals surface area contributed by atoms with Crippen LogP contribution in [0.1, 0.15) is 91.4 Å². The average Bonchev–Trinajstić information content (AvgIpc) is 2.69. The third-order valence-corrected chi connectivity index (χ3v) is 4.73. The fourth-order valence-corrected chi connectivity index (χ4v) is 2.99. The van der Waals surface area contributed by atoms with Crippen LogP contribution in [-0.4, -0.2) is 63.6 Å². The Morgan fingerprint density at radius 3 is 1.75 bits per heavy atom. The van der Waals surface area contributed by atoms with Crippen LogP contribution < -0.4 is 0 Å². The smallest absolute Gasteiger partial charge is 0.0781 e. The van der Waals surface area contributed by atoms with Crippen LogP contribution in [0.4, 0.5) is 0 Å². The second kappa shape index (κ2) is 23.1. The van der Waals surface area contributed by atoms with Crippen LogP contribution in [-0.2, 0) is 18.9 Å². The lowest BCUT2D eigenvalue weighted by Gasteiger charge is -2.18. The zero-order valence-corrected chi connectivity index (χ0v) is 19.0. The number of unbranched alkanes of at least 4 members (excludes halogenated alkanes) is 10. The van der Waals surface area contributed by atoms with Gasteiger partial charge in [-0.25, -0.2) is 0 Å². The van der Waals surface area contributed by atoms with E-state index in [1.165, 1.54) is 64.2 Å². The molecule has 0 rings (SSSR count). The molecule has 0 bridgehead atoms. The number of hydrogen-bond acceptors (Lipinski definition) is 5. The van der Waals surface area contributed by atoms with Crippen LogP contribution >= 0.6 is 0 Å². The minimum absolute atomic E-state index is 0.0341. The SMILES string of the molecule is CCCCCCCCCCCCCOCC(C)OCC(C)OCCOCCO. The van der Waals surface area contributed by atoms with Gasteiger partial charge < -0.3 is 24.1 Å². The summed E-state index contributed by atoms with van der Waals surface area (Å²) >= 11 is 0. The summed E-state index contributed by atoms with van der Waals surface area (Å²) in [6.07, 6.45) is 15.1. The standard InChI is InChI=1S/C23H48O5/c1-4-5-6-7-8-9-10-11-12-13-14-16-26-20-22(2)28-21-23(3)27-19-18-25-17-15-24/h22-24H,4-21H2,1-3H3. The van der Waals surface area contributed by atoms with Gasteiger partial charge in [0.05, 0.1) is 51.8 Å². The zero-order chi connectivity index (χ0) is 20.7. The maximum Gasteiger partial charge on any atom is 0.0781 e. The van der Waals surface area contributed by atoms with Gasteiger partial charge in [-0.3, -0.25) is 0 Å². The number of aliphatic hydroxyl groups excluding tert-OH is 1. The van der Waals surface area contributed by atoms with Crippen LogP contribution in [0.15, 0.2) is 0 Å². The Morgan fingerprint density at radius 1 is 0.571 bits per heavy atom. The summed E-state index contributed by atoms with van der Waals surface area (Å²) in [4.78, 5) is 0. The molecule has 2 atom stereocenters. The highest BCUT2D eigenvalue weighted by molar-refractivity contribution is 4.53. The second-order valence-corrected chi connectivity index (χ2v) is 7.77. The van der Waals surface area contributed by atoms with Crippen LogP contribution in [0.2, 0.25) is 0 Å². The van der Waals surface area contributed by atoms with Gasteiger partial charge in [0.2, 0.25) is 0 Å². The predicted octanol–water partition coefficient (Wildman–Crippen LogP) is 5.13. The van der Waals surface area contributed by atoms with Gasteiger partial charge >= 0.3 is 0 Å². The van der Waals surface area contributed by atoms with E-state index in [-0.39, 0.29) is 18.8 Å². The molecule has 0 saturated heterocycles. The Balaban J connectivity index is 3.25. The molecule has 0 aliphatic heterocycles. The van der Waals surface area contributed by atoms with Gasteiger partial charge in [-0.1, -0.05) is 71.1 Å². The van der Waals surface area contributed by atoms with Crippen molar-refractivity contribution in [1.82, 2.24) is 0 Å². The highest BCUT2D eigenvalue weighted by atomic mass is 16.6. The third kappa shape index (κ3) is 22.1. The van der Waals surface area contributed by atoms with Gasteiger partial charge in [-0.2, -0.15) is 0 Å². The van der Waals surface area contributed by atoms with Gasteiger partial charge in [0.15, 0.2) is 0 Å². The summed E-state index contributed by atoms with van der Waals surface area (Å²) in [5.41, 5.74) is 0. The third-order valence-electron chi connectivity index (χ3n) is 4.73. The molecule has 0 radical (unpaired) electrons. The molecular weight excluding hydrogens is 356 g/mol. The lowest BCUT2D eigenvalue weighted by Crippen LogP contribution is -2.24. The van der Waals surface area contributed by atoms with Crippen LogP contribution in [0.5, 0.6) is 0 Å². The molecule has 2 unspecified atom stereocenters. The van der Waals surface area contributed by atoms with Gasteiger partial charge in [-0.15, -0.1) is 0 Å². The molecule has 0 aromatic heterocycles. The first-order valence-corrected chi connectivity index (χ1v) is 11.7. The Morgan fingerprint density at radius 2 is 1.14 bits per heavy atom. The molecule has 0 aliphatic rings. The highest BCUT2D eigenvalue weighted by Gasteiger charge is 2.07. The quantitative estimate of drug-likeness (QED) is 0.239. The van der Waals surface area contributed by atoms with Crippen molar-refractivity contribution in [2.45, 2.75) is 104 Å². The van der Waals surface area contributed by atoms with E-state index in [2.05, 4.69) is 6.92 Å². The topological polar surface area (TPSA) is 57.2 Å². The Labute approximate surface area is 174 Å².